The number of hydrogen-bond donors (Lipinski definition) is 0. The number of rotatable bonds is 12. The molecule has 0 aromatic heterocycles. The van der Waals surface area contributed by atoms with Gasteiger partial charge in [-0.3, -0.25) is 0 Å². The van der Waals surface area contributed by atoms with Gasteiger partial charge in [-0.2, -0.15) is 0 Å². The highest BCUT2D eigenvalue weighted by Gasteiger charge is 2.35. The van der Waals surface area contributed by atoms with Gasteiger partial charge in [0.15, 0.2) is 8.32 Å². The number of unbranched alkanes of at least 4 members (excludes halogenated alkanes) is 3. The molecule has 0 aliphatic heterocycles. The third-order valence-electron chi connectivity index (χ3n) is 5.63. The first kappa shape index (κ1) is 21.2. The van der Waals surface area contributed by atoms with Crippen molar-refractivity contribution in [3.63, 3.8) is 0 Å². The smallest absolute Gasteiger partial charge is 0.193 e. The molecule has 0 N–H and O–H groups in total. The molecule has 26 heavy (non-hydrogen) atoms. The van der Waals surface area contributed by atoms with Crippen LogP contribution in [-0.4, -0.2) is 8.32 Å². The molecule has 2 aromatic carbocycles. The standard InChI is InChI=1S/C24H38OSi/c1-5-8-17-26(18-9-6-2,19-10-7-3)25-21(4)23-16-15-22-13-11-12-14-24(22)20-23/h11-16,20-21H,5-10,17-19H2,1-4H3/t21-/m0/s1. The van der Waals surface area contributed by atoms with Crippen molar-refractivity contribution in [2.75, 3.05) is 0 Å². The fourth-order valence-electron chi connectivity index (χ4n) is 3.95. The maximum atomic E-state index is 7.02. The Balaban J connectivity index is 2.21. The second-order valence-corrected chi connectivity index (χ2v) is 12.0. The summed E-state index contributed by atoms with van der Waals surface area (Å²) >= 11 is 0. The van der Waals surface area contributed by atoms with Gasteiger partial charge in [-0.25, -0.2) is 0 Å². The Morgan fingerprint density at radius 3 is 1.85 bits per heavy atom. The van der Waals surface area contributed by atoms with E-state index in [4.69, 9.17) is 4.43 Å². The van der Waals surface area contributed by atoms with E-state index >= 15 is 0 Å². The minimum absolute atomic E-state index is 0.205. The summed E-state index contributed by atoms with van der Waals surface area (Å²) in [4.78, 5) is 0. The highest BCUT2D eigenvalue weighted by molar-refractivity contribution is 6.73. The highest BCUT2D eigenvalue weighted by Crippen LogP contribution is 2.35. The Labute approximate surface area is 162 Å². The summed E-state index contributed by atoms with van der Waals surface area (Å²) in [6, 6.07) is 19.5. The van der Waals surface area contributed by atoms with Crippen LogP contribution in [0.2, 0.25) is 18.1 Å². The SMILES string of the molecule is CCCC[Si](CCCC)(CCCC)O[C@@H](C)c1ccc2ccccc2c1. The third kappa shape index (κ3) is 5.96. The van der Waals surface area contributed by atoms with Gasteiger partial charge in [0.2, 0.25) is 0 Å². The summed E-state index contributed by atoms with van der Waals surface area (Å²) < 4.78 is 7.02. The van der Waals surface area contributed by atoms with E-state index in [1.54, 1.807) is 0 Å². The average Bonchev–Trinajstić information content (AvgIpc) is 2.68. The average molecular weight is 371 g/mol. The van der Waals surface area contributed by atoms with E-state index in [0.29, 0.717) is 0 Å². The van der Waals surface area contributed by atoms with E-state index in [0.717, 1.165) is 0 Å². The zero-order chi connectivity index (χ0) is 18.8. The van der Waals surface area contributed by atoms with E-state index in [9.17, 15) is 0 Å². The summed E-state index contributed by atoms with van der Waals surface area (Å²) in [7, 11) is -1.67. The maximum Gasteiger partial charge on any atom is 0.193 e. The van der Waals surface area contributed by atoms with Gasteiger partial charge in [0, 0.05) is 0 Å². The topological polar surface area (TPSA) is 9.23 Å². The predicted octanol–water partition coefficient (Wildman–Crippen LogP) is 8.26. The Morgan fingerprint density at radius 2 is 1.31 bits per heavy atom. The molecule has 1 atom stereocenters. The Hall–Kier alpha value is -1.12. The van der Waals surface area contributed by atoms with E-state index in [-0.39, 0.29) is 6.10 Å². The van der Waals surface area contributed by atoms with Crippen molar-refractivity contribution in [3.05, 3.63) is 48.0 Å². The van der Waals surface area contributed by atoms with Crippen molar-refractivity contribution in [3.8, 4) is 0 Å². The van der Waals surface area contributed by atoms with Gasteiger partial charge in [0.1, 0.15) is 0 Å². The molecule has 0 spiro atoms. The molecule has 2 rings (SSSR count). The van der Waals surface area contributed by atoms with Crippen LogP contribution in [0.15, 0.2) is 42.5 Å². The molecule has 0 amide bonds. The molecule has 0 bridgehead atoms. The van der Waals surface area contributed by atoms with Crippen molar-refractivity contribution in [2.45, 2.75) is 90.5 Å². The Bertz CT molecular complexity index is 630. The molecule has 0 aliphatic rings. The van der Waals surface area contributed by atoms with Crippen LogP contribution in [0.1, 0.15) is 77.9 Å². The van der Waals surface area contributed by atoms with Crippen molar-refractivity contribution >= 4 is 19.1 Å². The van der Waals surface area contributed by atoms with Gasteiger partial charge in [-0.1, -0.05) is 95.7 Å². The van der Waals surface area contributed by atoms with Gasteiger partial charge < -0.3 is 4.43 Å². The Kier molecular flexibility index (Phi) is 8.87. The zero-order valence-corrected chi connectivity index (χ0v) is 18.4. The third-order valence-corrected chi connectivity index (χ3v) is 10.3. The normalized spacial score (nSPS) is 13.2. The van der Waals surface area contributed by atoms with Gasteiger partial charge in [-0.15, -0.1) is 0 Å². The number of benzene rings is 2. The predicted molar refractivity (Wildman–Crippen MR) is 118 cm³/mol. The fourth-order valence-corrected chi connectivity index (χ4v) is 8.94. The molecule has 1 nitrogen and oxygen atoms in total. The van der Waals surface area contributed by atoms with Crippen LogP contribution in [0.4, 0.5) is 0 Å². The van der Waals surface area contributed by atoms with E-state index in [2.05, 4.69) is 70.2 Å². The molecular weight excluding hydrogens is 332 g/mol. The fraction of sp³-hybridized carbons (Fsp3) is 0.583. The Morgan fingerprint density at radius 1 is 0.769 bits per heavy atom. The molecular formula is C24H38OSi. The molecule has 0 heterocycles. The second-order valence-electron chi connectivity index (χ2n) is 7.86. The molecule has 0 saturated heterocycles. The lowest BCUT2D eigenvalue weighted by atomic mass is 10.0. The monoisotopic (exact) mass is 370 g/mol. The molecule has 0 radical (unpaired) electrons. The summed E-state index contributed by atoms with van der Waals surface area (Å²) in [5.41, 5.74) is 1.34. The van der Waals surface area contributed by atoms with Gasteiger partial charge in [0.25, 0.3) is 0 Å². The van der Waals surface area contributed by atoms with Crippen LogP contribution in [0.25, 0.3) is 10.8 Å². The van der Waals surface area contributed by atoms with Crippen molar-refractivity contribution in [1.82, 2.24) is 0 Å². The molecule has 0 saturated carbocycles. The molecule has 144 valence electrons. The van der Waals surface area contributed by atoms with Crippen LogP contribution in [0.3, 0.4) is 0 Å². The maximum absolute atomic E-state index is 7.02. The largest absolute Gasteiger partial charge is 0.410 e. The molecule has 2 aromatic rings. The molecule has 0 unspecified atom stereocenters. The van der Waals surface area contributed by atoms with Crippen LogP contribution >= 0.6 is 0 Å². The second kappa shape index (κ2) is 10.9. The summed E-state index contributed by atoms with van der Waals surface area (Å²) in [6.45, 7) is 9.21. The van der Waals surface area contributed by atoms with Crippen LogP contribution in [0.5, 0.6) is 0 Å². The summed E-state index contributed by atoms with van der Waals surface area (Å²) in [5, 5.41) is 2.64. The van der Waals surface area contributed by atoms with Crippen LogP contribution in [-0.2, 0) is 4.43 Å². The van der Waals surface area contributed by atoms with Gasteiger partial charge in [-0.05, 0) is 47.5 Å². The molecule has 0 aliphatic carbocycles. The van der Waals surface area contributed by atoms with E-state index < -0.39 is 8.32 Å². The quantitative estimate of drug-likeness (QED) is 0.342. The molecule has 0 fully saturated rings. The van der Waals surface area contributed by atoms with E-state index in [1.807, 2.05) is 0 Å². The lowest BCUT2D eigenvalue weighted by Gasteiger charge is -2.35. The van der Waals surface area contributed by atoms with Crippen molar-refractivity contribution in [1.29, 1.82) is 0 Å². The van der Waals surface area contributed by atoms with Crippen LogP contribution in [0, 0.1) is 0 Å². The molecule has 2 heteroatoms. The van der Waals surface area contributed by atoms with E-state index in [1.165, 1.54) is 73.0 Å². The minimum atomic E-state index is -1.67. The van der Waals surface area contributed by atoms with Crippen molar-refractivity contribution < 1.29 is 4.43 Å². The van der Waals surface area contributed by atoms with Crippen LogP contribution < -0.4 is 0 Å². The number of fused-ring (bicyclic) bond motifs is 1. The lowest BCUT2D eigenvalue weighted by molar-refractivity contribution is 0.206. The minimum Gasteiger partial charge on any atom is -0.410 e. The first-order valence-corrected chi connectivity index (χ1v) is 13.3. The van der Waals surface area contributed by atoms with Crippen molar-refractivity contribution in [2.24, 2.45) is 0 Å². The highest BCUT2D eigenvalue weighted by atomic mass is 28.4. The first-order valence-electron chi connectivity index (χ1n) is 10.8. The lowest BCUT2D eigenvalue weighted by Crippen LogP contribution is -2.39. The zero-order valence-electron chi connectivity index (χ0n) is 17.4. The number of hydrogen-bond acceptors (Lipinski definition) is 1. The summed E-state index contributed by atoms with van der Waals surface area (Å²) in [6.07, 6.45) is 8.01. The van der Waals surface area contributed by atoms with Gasteiger partial charge in [0.05, 0.1) is 6.10 Å². The van der Waals surface area contributed by atoms with Gasteiger partial charge >= 0.3 is 0 Å². The first-order chi connectivity index (χ1) is 12.6. The summed E-state index contributed by atoms with van der Waals surface area (Å²) in [5.74, 6) is 0.